The van der Waals surface area contributed by atoms with Crippen molar-refractivity contribution in [2.24, 2.45) is 0 Å². The van der Waals surface area contributed by atoms with Gasteiger partial charge in [0.25, 0.3) is 0 Å². The van der Waals surface area contributed by atoms with Gasteiger partial charge in [0.2, 0.25) is 0 Å². The number of hydrogen-bond acceptors (Lipinski definition) is 5. The molecule has 0 fully saturated rings. The van der Waals surface area contributed by atoms with E-state index in [0.717, 1.165) is 22.9 Å². The normalized spacial score (nSPS) is 9.88. The lowest BCUT2D eigenvalue weighted by atomic mass is 10.3. The zero-order valence-electron chi connectivity index (χ0n) is 9.53. The molecule has 1 N–H and O–H groups in total. The van der Waals surface area contributed by atoms with Gasteiger partial charge in [0.15, 0.2) is 0 Å². The van der Waals surface area contributed by atoms with Crippen molar-refractivity contribution in [3.63, 3.8) is 0 Å². The highest BCUT2D eigenvalue weighted by Gasteiger charge is 2.01. The zero-order valence-corrected chi connectivity index (χ0v) is 10.3. The number of nitrogens with zero attached hydrogens (tertiary/aromatic N) is 1. The summed E-state index contributed by atoms with van der Waals surface area (Å²) in [6.07, 6.45) is 2.23. The highest BCUT2D eigenvalue weighted by Crippen LogP contribution is 2.14. The molecule has 0 radical (unpaired) electrons. The van der Waals surface area contributed by atoms with Crippen molar-refractivity contribution in [3.8, 4) is 0 Å². The number of pyridine rings is 1. The Morgan fingerprint density at radius 1 is 1.62 bits per heavy atom. The van der Waals surface area contributed by atoms with Crippen molar-refractivity contribution in [1.82, 2.24) is 4.98 Å². The highest BCUT2D eigenvalue weighted by atomic mass is 32.2. The fourth-order valence-electron chi connectivity index (χ4n) is 1.15. The summed E-state index contributed by atoms with van der Waals surface area (Å²) in [6, 6.07) is 3.92. The third-order valence-corrected chi connectivity index (χ3v) is 3.03. The number of aromatic nitrogens is 1. The molecule has 1 rings (SSSR count). The molecule has 4 nitrogen and oxygen atoms in total. The minimum Gasteiger partial charge on any atom is -0.469 e. The van der Waals surface area contributed by atoms with E-state index in [0.29, 0.717) is 6.42 Å². The standard InChI is InChI=1S/C11H16N2O2S/c1-12-9-3-5-13-10(7-9)8-16-6-4-11(14)15-2/h3,5,7H,4,6,8H2,1-2H3,(H,12,13). The smallest absolute Gasteiger partial charge is 0.306 e. The number of methoxy groups -OCH3 is 1. The Hall–Kier alpha value is -1.23. The van der Waals surface area contributed by atoms with Gasteiger partial charge in [0.1, 0.15) is 0 Å². The fourth-order valence-corrected chi connectivity index (χ4v) is 1.97. The van der Waals surface area contributed by atoms with Gasteiger partial charge in [-0.1, -0.05) is 0 Å². The third kappa shape index (κ3) is 4.53. The first-order chi connectivity index (χ1) is 7.76. The Balaban J connectivity index is 2.28. The van der Waals surface area contributed by atoms with Gasteiger partial charge < -0.3 is 10.1 Å². The maximum Gasteiger partial charge on any atom is 0.306 e. The van der Waals surface area contributed by atoms with Crippen LogP contribution in [-0.2, 0) is 15.3 Å². The predicted octanol–water partition coefficient (Wildman–Crippen LogP) is 1.92. The van der Waals surface area contributed by atoms with Crippen LogP contribution < -0.4 is 5.32 Å². The molecule has 0 bridgehead atoms. The van der Waals surface area contributed by atoms with Gasteiger partial charge in [-0.3, -0.25) is 9.78 Å². The van der Waals surface area contributed by atoms with E-state index in [1.807, 2.05) is 19.2 Å². The average Bonchev–Trinajstić information content (AvgIpc) is 2.34. The van der Waals surface area contributed by atoms with Crippen molar-refractivity contribution in [2.45, 2.75) is 12.2 Å². The Kier molecular flexibility index (Phi) is 5.71. The first kappa shape index (κ1) is 12.8. The van der Waals surface area contributed by atoms with E-state index in [1.54, 1.807) is 18.0 Å². The van der Waals surface area contributed by atoms with Crippen molar-refractivity contribution in [1.29, 1.82) is 0 Å². The average molecular weight is 240 g/mol. The summed E-state index contributed by atoms with van der Waals surface area (Å²) in [5.74, 6) is 1.41. The second kappa shape index (κ2) is 7.11. The molecule has 1 aromatic rings. The number of ether oxygens (including phenoxy) is 1. The molecule has 0 aromatic carbocycles. The second-order valence-corrected chi connectivity index (χ2v) is 4.27. The molecule has 0 spiro atoms. The van der Waals surface area contributed by atoms with E-state index in [2.05, 4.69) is 15.0 Å². The lowest BCUT2D eigenvalue weighted by molar-refractivity contribution is -0.140. The summed E-state index contributed by atoms with van der Waals surface area (Å²) in [5.41, 5.74) is 2.07. The Morgan fingerprint density at radius 2 is 2.44 bits per heavy atom. The van der Waals surface area contributed by atoms with Crippen LogP contribution in [0.4, 0.5) is 5.69 Å². The number of rotatable bonds is 6. The van der Waals surface area contributed by atoms with Gasteiger partial charge in [-0.25, -0.2) is 0 Å². The van der Waals surface area contributed by atoms with E-state index in [4.69, 9.17) is 0 Å². The molecule has 0 aliphatic heterocycles. The summed E-state index contributed by atoms with van der Waals surface area (Å²) in [6.45, 7) is 0. The maximum absolute atomic E-state index is 10.9. The van der Waals surface area contributed by atoms with Crippen LogP contribution in [0.1, 0.15) is 12.1 Å². The molecular formula is C11H16N2O2S. The Morgan fingerprint density at radius 3 is 3.12 bits per heavy atom. The molecule has 0 atom stereocenters. The summed E-state index contributed by atoms with van der Waals surface area (Å²) < 4.78 is 4.56. The van der Waals surface area contributed by atoms with E-state index in [9.17, 15) is 4.79 Å². The molecule has 16 heavy (non-hydrogen) atoms. The zero-order chi connectivity index (χ0) is 11.8. The monoisotopic (exact) mass is 240 g/mol. The lowest BCUT2D eigenvalue weighted by Crippen LogP contribution is -2.01. The van der Waals surface area contributed by atoms with Gasteiger partial charge in [-0.05, 0) is 12.1 Å². The number of esters is 1. The molecule has 5 heteroatoms. The van der Waals surface area contributed by atoms with Crippen LogP contribution in [0, 0.1) is 0 Å². The minimum absolute atomic E-state index is 0.163. The Bertz CT molecular complexity index is 345. The molecule has 0 unspecified atom stereocenters. The quantitative estimate of drug-likeness (QED) is 0.608. The van der Waals surface area contributed by atoms with Crippen molar-refractivity contribution >= 4 is 23.4 Å². The van der Waals surface area contributed by atoms with Crippen molar-refractivity contribution < 1.29 is 9.53 Å². The molecule has 0 amide bonds. The van der Waals surface area contributed by atoms with Crippen molar-refractivity contribution in [2.75, 3.05) is 25.2 Å². The van der Waals surface area contributed by atoms with E-state index < -0.39 is 0 Å². The topological polar surface area (TPSA) is 51.2 Å². The number of thioether (sulfide) groups is 1. The number of nitrogens with one attached hydrogen (secondary N) is 1. The summed E-state index contributed by atoms with van der Waals surface area (Å²) >= 11 is 1.68. The predicted molar refractivity (Wildman–Crippen MR) is 66.6 cm³/mol. The molecule has 0 saturated heterocycles. The fraction of sp³-hybridized carbons (Fsp3) is 0.455. The van der Waals surface area contributed by atoms with E-state index in [-0.39, 0.29) is 5.97 Å². The van der Waals surface area contributed by atoms with Crippen LogP contribution in [0.2, 0.25) is 0 Å². The summed E-state index contributed by atoms with van der Waals surface area (Å²) in [5, 5.41) is 3.06. The highest BCUT2D eigenvalue weighted by molar-refractivity contribution is 7.98. The minimum atomic E-state index is -0.163. The van der Waals surface area contributed by atoms with Gasteiger partial charge in [0, 0.05) is 30.4 Å². The van der Waals surface area contributed by atoms with E-state index >= 15 is 0 Å². The Labute approximate surface area is 99.8 Å². The van der Waals surface area contributed by atoms with Gasteiger partial charge in [-0.15, -0.1) is 0 Å². The number of anilines is 1. The number of carbonyl (C=O) groups excluding carboxylic acids is 1. The third-order valence-electron chi connectivity index (χ3n) is 2.03. The molecule has 88 valence electrons. The number of carbonyl (C=O) groups is 1. The van der Waals surface area contributed by atoms with Crippen LogP contribution in [0.3, 0.4) is 0 Å². The van der Waals surface area contributed by atoms with E-state index in [1.165, 1.54) is 7.11 Å². The molecule has 0 aliphatic rings. The molecule has 1 heterocycles. The first-order valence-electron chi connectivity index (χ1n) is 5.03. The molecular weight excluding hydrogens is 224 g/mol. The summed E-state index contributed by atoms with van der Waals surface area (Å²) in [4.78, 5) is 15.1. The molecule has 1 aromatic heterocycles. The lowest BCUT2D eigenvalue weighted by Gasteiger charge is -2.03. The van der Waals surface area contributed by atoms with Crippen molar-refractivity contribution in [3.05, 3.63) is 24.0 Å². The van der Waals surface area contributed by atoms with Crippen LogP contribution in [0.5, 0.6) is 0 Å². The SMILES string of the molecule is CNc1ccnc(CSCCC(=O)OC)c1. The summed E-state index contributed by atoms with van der Waals surface area (Å²) in [7, 11) is 3.29. The van der Waals surface area contributed by atoms with Crippen LogP contribution in [0.15, 0.2) is 18.3 Å². The molecule has 0 saturated carbocycles. The largest absolute Gasteiger partial charge is 0.469 e. The number of hydrogen-bond donors (Lipinski definition) is 1. The second-order valence-electron chi connectivity index (χ2n) is 3.16. The maximum atomic E-state index is 10.9. The first-order valence-corrected chi connectivity index (χ1v) is 6.19. The molecule has 0 aliphatic carbocycles. The van der Waals surface area contributed by atoms with Gasteiger partial charge >= 0.3 is 5.97 Å². The van der Waals surface area contributed by atoms with Gasteiger partial charge in [-0.2, -0.15) is 11.8 Å². The van der Waals surface area contributed by atoms with Crippen LogP contribution in [0.25, 0.3) is 0 Å². The van der Waals surface area contributed by atoms with Crippen LogP contribution in [-0.4, -0.2) is 30.9 Å². The van der Waals surface area contributed by atoms with Crippen LogP contribution >= 0.6 is 11.8 Å². The van der Waals surface area contributed by atoms with Gasteiger partial charge in [0.05, 0.1) is 19.2 Å².